The number of carbonyl (C=O) groups excluding carboxylic acids is 2. The highest BCUT2D eigenvalue weighted by atomic mass is 16.3. The topological polar surface area (TPSA) is 59.3 Å². The third kappa shape index (κ3) is 2.68. The Balaban J connectivity index is 2.73. The van der Waals surface area contributed by atoms with Crippen molar-refractivity contribution in [2.45, 2.75) is 33.2 Å². The Labute approximate surface area is 88.7 Å². The van der Waals surface area contributed by atoms with Gasteiger partial charge in [0, 0.05) is 6.42 Å². The van der Waals surface area contributed by atoms with E-state index in [1.165, 1.54) is 13.2 Å². The molecule has 1 aromatic rings. The van der Waals surface area contributed by atoms with Crippen LogP contribution < -0.4 is 5.32 Å². The molecule has 0 aromatic carbocycles. The van der Waals surface area contributed by atoms with Crippen LogP contribution >= 0.6 is 0 Å². The number of ketones is 1. The van der Waals surface area contributed by atoms with E-state index in [9.17, 15) is 9.59 Å². The highest BCUT2D eigenvalue weighted by Crippen LogP contribution is 2.11. The smallest absolute Gasteiger partial charge is 0.255 e. The quantitative estimate of drug-likeness (QED) is 0.818. The zero-order chi connectivity index (χ0) is 11.4. The molecule has 0 aliphatic heterocycles. The van der Waals surface area contributed by atoms with Crippen LogP contribution in [0.2, 0.25) is 0 Å². The number of rotatable bonds is 4. The summed E-state index contributed by atoms with van der Waals surface area (Å²) in [6.45, 7) is 5.01. The van der Waals surface area contributed by atoms with Crippen LogP contribution in [-0.2, 0) is 11.2 Å². The number of carbonyl (C=O) groups is 2. The van der Waals surface area contributed by atoms with Crippen molar-refractivity contribution in [3.63, 3.8) is 0 Å². The fourth-order valence-corrected chi connectivity index (χ4v) is 1.19. The summed E-state index contributed by atoms with van der Waals surface area (Å²) in [7, 11) is 0. The minimum Gasteiger partial charge on any atom is -0.469 e. The van der Waals surface area contributed by atoms with Crippen molar-refractivity contribution in [2.24, 2.45) is 0 Å². The Morgan fingerprint density at radius 2 is 2.20 bits per heavy atom. The number of amides is 1. The molecule has 15 heavy (non-hydrogen) atoms. The zero-order valence-electron chi connectivity index (χ0n) is 9.16. The van der Waals surface area contributed by atoms with Crippen molar-refractivity contribution in [1.29, 1.82) is 0 Å². The Morgan fingerprint density at radius 1 is 1.53 bits per heavy atom. The minimum absolute atomic E-state index is 0.0649. The van der Waals surface area contributed by atoms with E-state index >= 15 is 0 Å². The summed E-state index contributed by atoms with van der Waals surface area (Å²) in [5.41, 5.74) is 0.505. The van der Waals surface area contributed by atoms with Gasteiger partial charge in [0.05, 0.1) is 17.9 Å². The summed E-state index contributed by atoms with van der Waals surface area (Å²) >= 11 is 0. The highest BCUT2D eigenvalue weighted by molar-refractivity contribution is 5.98. The van der Waals surface area contributed by atoms with Crippen molar-refractivity contribution in [2.75, 3.05) is 0 Å². The molecule has 0 saturated carbocycles. The summed E-state index contributed by atoms with van der Waals surface area (Å²) < 4.78 is 5.13. The third-order valence-electron chi connectivity index (χ3n) is 2.27. The van der Waals surface area contributed by atoms with Crippen LogP contribution in [0.4, 0.5) is 0 Å². The molecule has 0 radical (unpaired) electrons. The van der Waals surface area contributed by atoms with Crippen molar-refractivity contribution < 1.29 is 14.0 Å². The lowest BCUT2D eigenvalue weighted by Crippen LogP contribution is -2.37. The maximum Gasteiger partial charge on any atom is 0.255 e. The van der Waals surface area contributed by atoms with Gasteiger partial charge in [-0.1, -0.05) is 6.92 Å². The summed E-state index contributed by atoms with van der Waals surface area (Å²) in [5.74, 6) is 0.316. The molecule has 0 fully saturated rings. The normalized spacial score (nSPS) is 12.2. The molecule has 0 aliphatic rings. The molecule has 1 atom stereocenters. The standard InChI is InChI=1S/C11H15NO3/c1-4-10-9(5-6-15-10)11(14)12-7(2)8(3)13/h5-7H,4H2,1-3H3,(H,12,14). The predicted molar refractivity (Wildman–Crippen MR) is 55.7 cm³/mol. The van der Waals surface area contributed by atoms with E-state index in [0.717, 1.165) is 0 Å². The molecule has 0 spiro atoms. The minimum atomic E-state index is -0.461. The second kappa shape index (κ2) is 4.77. The molecular formula is C11H15NO3. The largest absolute Gasteiger partial charge is 0.469 e. The first kappa shape index (κ1) is 11.5. The number of nitrogens with one attached hydrogen (secondary N) is 1. The molecule has 0 bridgehead atoms. The Morgan fingerprint density at radius 3 is 2.73 bits per heavy atom. The van der Waals surface area contributed by atoms with Crippen LogP contribution in [-0.4, -0.2) is 17.7 Å². The van der Waals surface area contributed by atoms with E-state index in [2.05, 4.69) is 5.32 Å². The van der Waals surface area contributed by atoms with Crippen LogP contribution in [0.25, 0.3) is 0 Å². The van der Waals surface area contributed by atoms with Gasteiger partial charge in [-0.2, -0.15) is 0 Å². The van der Waals surface area contributed by atoms with Gasteiger partial charge in [0.25, 0.3) is 5.91 Å². The summed E-state index contributed by atoms with van der Waals surface area (Å²) in [6, 6.07) is 1.15. The van der Waals surface area contributed by atoms with Gasteiger partial charge in [0.15, 0.2) is 5.78 Å². The van der Waals surface area contributed by atoms with Gasteiger partial charge in [-0.3, -0.25) is 9.59 Å². The lowest BCUT2D eigenvalue weighted by Gasteiger charge is -2.09. The van der Waals surface area contributed by atoms with Crippen molar-refractivity contribution in [3.05, 3.63) is 23.7 Å². The maximum atomic E-state index is 11.7. The molecule has 82 valence electrons. The van der Waals surface area contributed by atoms with Gasteiger partial charge in [-0.05, 0) is 19.9 Å². The molecule has 1 heterocycles. The van der Waals surface area contributed by atoms with Crippen LogP contribution in [0, 0.1) is 0 Å². The van der Waals surface area contributed by atoms with Gasteiger partial charge in [-0.15, -0.1) is 0 Å². The SMILES string of the molecule is CCc1occc1C(=O)NC(C)C(C)=O. The molecule has 4 heteroatoms. The van der Waals surface area contributed by atoms with Gasteiger partial charge in [0.2, 0.25) is 0 Å². The number of furan rings is 1. The van der Waals surface area contributed by atoms with E-state index in [0.29, 0.717) is 17.7 Å². The first-order chi connectivity index (χ1) is 7.06. The van der Waals surface area contributed by atoms with E-state index in [-0.39, 0.29) is 11.7 Å². The van der Waals surface area contributed by atoms with Crippen molar-refractivity contribution in [1.82, 2.24) is 5.32 Å². The van der Waals surface area contributed by atoms with E-state index in [4.69, 9.17) is 4.42 Å². The molecule has 1 N–H and O–H groups in total. The van der Waals surface area contributed by atoms with Gasteiger partial charge in [0.1, 0.15) is 5.76 Å². The van der Waals surface area contributed by atoms with E-state index in [1.54, 1.807) is 13.0 Å². The molecule has 1 amide bonds. The Kier molecular flexibility index (Phi) is 3.66. The fourth-order valence-electron chi connectivity index (χ4n) is 1.19. The summed E-state index contributed by atoms with van der Waals surface area (Å²) in [4.78, 5) is 22.6. The zero-order valence-corrected chi connectivity index (χ0v) is 9.16. The number of hydrogen-bond acceptors (Lipinski definition) is 3. The second-order valence-electron chi connectivity index (χ2n) is 3.42. The number of aryl methyl sites for hydroxylation is 1. The van der Waals surface area contributed by atoms with E-state index < -0.39 is 6.04 Å². The monoisotopic (exact) mass is 209 g/mol. The second-order valence-corrected chi connectivity index (χ2v) is 3.42. The average molecular weight is 209 g/mol. The Hall–Kier alpha value is -1.58. The van der Waals surface area contributed by atoms with Crippen molar-refractivity contribution in [3.8, 4) is 0 Å². The van der Waals surface area contributed by atoms with Crippen LogP contribution in [0.3, 0.4) is 0 Å². The third-order valence-corrected chi connectivity index (χ3v) is 2.27. The molecule has 1 unspecified atom stereocenters. The summed E-state index contributed by atoms with van der Waals surface area (Å²) in [5, 5.41) is 2.61. The van der Waals surface area contributed by atoms with Crippen LogP contribution in [0.15, 0.2) is 16.7 Å². The van der Waals surface area contributed by atoms with Crippen LogP contribution in [0.1, 0.15) is 36.9 Å². The average Bonchev–Trinajstić information content (AvgIpc) is 2.64. The molecule has 0 aliphatic carbocycles. The lowest BCUT2D eigenvalue weighted by molar-refractivity contribution is -0.118. The lowest BCUT2D eigenvalue weighted by atomic mass is 10.1. The molecule has 1 aromatic heterocycles. The maximum absolute atomic E-state index is 11.7. The van der Waals surface area contributed by atoms with Gasteiger partial charge >= 0.3 is 0 Å². The first-order valence-corrected chi connectivity index (χ1v) is 4.94. The first-order valence-electron chi connectivity index (χ1n) is 4.94. The molecule has 4 nitrogen and oxygen atoms in total. The summed E-state index contributed by atoms with van der Waals surface area (Å²) in [6.07, 6.45) is 2.14. The van der Waals surface area contributed by atoms with E-state index in [1.807, 2.05) is 6.92 Å². The number of Topliss-reactive ketones (excluding diaryl/α,β-unsaturated/α-hetero) is 1. The fraction of sp³-hybridized carbons (Fsp3) is 0.455. The highest BCUT2D eigenvalue weighted by Gasteiger charge is 2.16. The molecular weight excluding hydrogens is 194 g/mol. The predicted octanol–water partition coefficient (Wildman–Crippen LogP) is 1.55. The van der Waals surface area contributed by atoms with Crippen molar-refractivity contribution >= 4 is 11.7 Å². The molecule has 0 saturated heterocycles. The Bertz CT molecular complexity index is 368. The molecule has 1 rings (SSSR count). The van der Waals surface area contributed by atoms with Gasteiger partial charge in [-0.25, -0.2) is 0 Å². The number of hydrogen-bond donors (Lipinski definition) is 1. The van der Waals surface area contributed by atoms with Crippen LogP contribution in [0.5, 0.6) is 0 Å². The van der Waals surface area contributed by atoms with Gasteiger partial charge < -0.3 is 9.73 Å².